The molecule has 0 aliphatic carbocycles. The minimum Gasteiger partial charge on any atom is -0.394 e. The average Bonchev–Trinajstić information content (AvgIpc) is 1.96. The zero-order chi connectivity index (χ0) is 12.3. The molecule has 2 unspecified atom stereocenters. The third-order valence-electron chi connectivity index (χ3n) is 1.41. The lowest BCUT2D eigenvalue weighted by Crippen LogP contribution is -2.16. The summed E-state index contributed by atoms with van der Waals surface area (Å²) < 4.78 is 31.0. The number of aliphatic hydroxyl groups is 1. The monoisotopic (exact) mass is 262 g/mol. The van der Waals surface area contributed by atoms with E-state index in [1.54, 1.807) is 0 Å². The van der Waals surface area contributed by atoms with Crippen LogP contribution in [0.4, 0.5) is 0 Å². The highest BCUT2D eigenvalue weighted by molar-refractivity contribution is 7.64. The summed E-state index contributed by atoms with van der Waals surface area (Å²) in [5.74, 6) is 0. The summed E-state index contributed by atoms with van der Waals surface area (Å²) in [5, 5.41) is 7.16. The third kappa shape index (κ3) is 5.22. The highest BCUT2D eigenvalue weighted by Crippen LogP contribution is 2.65. The molecule has 0 radical (unpaired) electrons. The Labute approximate surface area is 88.2 Å². The minimum atomic E-state index is -4.60. The van der Waals surface area contributed by atoms with Crippen molar-refractivity contribution in [3.63, 3.8) is 0 Å². The van der Waals surface area contributed by atoms with Gasteiger partial charge in [0.15, 0.2) is 0 Å². The first-order valence-corrected chi connectivity index (χ1v) is 7.21. The second-order valence-electron chi connectivity index (χ2n) is 3.80. The molecule has 15 heavy (non-hydrogen) atoms. The van der Waals surface area contributed by atoms with E-state index in [9.17, 15) is 14.0 Å². The van der Waals surface area contributed by atoms with Crippen LogP contribution in [0.25, 0.3) is 0 Å². The van der Waals surface area contributed by atoms with Crippen LogP contribution in [-0.4, -0.2) is 33.3 Å². The van der Waals surface area contributed by atoms with Crippen LogP contribution in [0.2, 0.25) is 0 Å². The average molecular weight is 262 g/mol. The lowest BCUT2D eigenvalue weighted by molar-refractivity contribution is 0.150. The van der Waals surface area contributed by atoms with Crippen LogP contribution in [-0.2, 0) is 18.0 Å². The largest absolute Gasteiger partial charge is 0.479 e. The van der Waals surface area contributed by atoms with Gasteiger partial charge in [0.2, 0.25) is 0 Å². The molecule has 0 aliphatic rings. The molecule has 0 aromatic rings. The number of hydrogen-bond acceptors (Lipinski definition) is 5. The quantitative estimate of drug-likeness (QED) is 0.635. The van der Waals surface area contributed by atoms with Crippen molar-refractivity contribution in [1.29, 1.82) is 0 Å². The van der Waals surface area contributed by atoms with Gasteiger partial charge in [0.1, 0.15) is 0 Å². The van der Waals surface area contributed by atoms with Crippen LogP contribution in [0, 0.1) is 0 Å². The zero-order valence-electron chi connectivity index (χ0n) is 8.78. The van der Waals surface area contributed by atoms with Crippen LogP contribution in [0.5, 0.6) is 0 Å². The highest BCUT2D eigenvalue weighted by atomic mass is 31.3. The Bertz CT molecular complexity index is 294. The summed E-state index contributed by atoms with van der Waals surface area (Å²) in [7, 11) is -8.86. The standard InChI is InChI=1S/C6H16O7P2/c1-6(2,3)14(8,9)13-15(10,11)12-5-4-7/h7H,4-5H2,1-3H3,(H,8,9)(H,10,11). The van der Waals surface area contributed by atoms with Gasteiger partial charge in [-0.2, -0.15) is 0 Å². The molecular formula is C6H16O7P2. The van der Waals surface area contributed by atoms with E-state index in [0.29, 0.717) is 0 Å². The molecule has 9 heteroatoms. The zero-order valence-corrected chi connectivity index (χ0v) is 10.6. The van der Waals surface area contributed by atoms with Crippen LogP contribution >= 0.6 is 15.4 Å². The fourth-order valence-electron chi connectivity index (χ4n) is 0.442. The minimum absolute atomic E-state index is 0.447. The van der Waals surface area contributed by atoms with Gasteiger partial charge in [-0.05, 0) is 20.8 Å². The predicted molar refractivity (Wildman–Crippen MR) is 53.5 cm³/mol. The van der Waals surface area contributed by atoms with E-state index in [1.807, 2.05) is 0 Å². The molecule has 0 heterocycles. The molecule has 7 nitrogen and oxygen atoms in total. The van der Waals surface area contributed by atoms with Crippen molar-refractivity contribution in [3.8, 4) is 0 Å². The van der Waals surface area contributed by atoms with Gasteiger partial charge in [-0.15, -0.1) is 0 Å². The van der Waals surface area contributed by atoms with Gasteiger partial charge >= 0.3 is 15.4 Å². The maximum Gasteiger partial charge on any atom is 0.479 e. The summed E-state index contributed by atoms with van der Waals surface area (Å²) in [4.78, 5) is 18.4. The van der Waals surface area contributed by atoms with Crippen molar-refractivity contribution >= 4 is 15.4 Å². The smallest absolute Gasteiger partial charge is 0.394 e. The number of aliphatic hydroxyl groups excluding tert-OH is 1. The third-order valence-corrected chi connectivity index (χ3v) is 5.32. The highest BCUT2D eigenvalue weighted by Gasteiger charge is 2.43. The van der Waals surface area contributed by atoms with Crippen molar-refractivity contribution in [3.05, 3.63) is 0 Å². The topological polar surface area (TPSA) is 113 Å². The maximum atomic E-state index is 11.5. The Morgan fingerprint density at radius 2 is 1.67 bits per heavy atom. The number of phosphoric ester groups is 1. The van der Waals surface area contributed by atoms with E-state index in [2.05, 4.69) is 8.83 Å². The van der Waals surface area contributed by atoms with Crippen LogP contribution < -0.4 is 0 Å². The second-order valence-corrected chi connectivity index (χ2v) is 8.03. The molecule has 0 fully saturated rings. The maximum absolute atomic E-state index is 11.5. The Kier molecular flexibility index (Phi) is 5.15. The van der Waals surface area contributed by atoms with Gasteiger partial charge in [0.25, 0.3) is 0 Å². The van der Waals surface area contributed by atoms with E-state index in [4.69, 9.17) is 10.00 Å². The fraction of sp³-hybridized carbons (Fsp3) is 1.00. The van der Waals surface area contributed by atoms with Crippen molar-refractivity contribution in [2.75, 3.05) is 13.2 Å². The summed E-state index contributed by atoms with van der Waals surface area (Å²) in [6.45, 7) is 3.23. The molecule has 2 atom stereocenters. The van der Waals surface area contributed by atoms with Gasteiger partial charge in [0, 0.05) is 0 Å². The number of rotatable bonds is 5. The first kappa shape index (κ1) is 15.3. The normalized spacial score (nSPS) is 20.7. The fourth-order valence-corrected chi connectivity index (χ4v) is 3.04. The number of hydrogen-bond donors (Lipinski definition) is 3. The molecule has 0 aromatic heterocycles. The molecule has 0 aromatic carbocycles. The summed E-state index contributed by atoms with van der Waals surface area (Å²) in [6.07, 6.45) is 0. The summed E-state index contributed by atoms with van der Waals surface area (Å²) in [6, 6.07) is 0. The van der Waals surface area contributed by atoms with E-state index in [0.717, 1.165) is 0 Å². The Balaban J connectivity index is 4.59. The molecular weight excluding hydrogens is 246 g/mol. The Morgan fingerprint density at radius 3 is 2.00 bits per heavy atom. The molecule has 0 amide bonds. The number of phosphoric acid groups is 1. The molecule has 0 saturated carbocycles. The first-order chi connectivity index (χ1) is 6.52. The van der Waals surface area contributed by atoms with Crippen molar-refractivity contribution in [2.45, 2.75) is 25.9 Å². The van der Waals surface area contributed by atoms with Crippen molar-refractivity contribution in [1.82, 2.24) is 0 Å². The Morgan fingerprint density at radius 1 is 1.20 bits per heavy atom. The molecule has 92 valence electrons. The molecule has 0 rings (SSSR count). The van der Waals surface area contributed by atoms with E-state index in [1.165, 1.54) is 20.8 Å². The molecule has 0 bridgehead atoms. The predicted octanol–water partition coefficient (Wildman–Crippen LogP) is 1.10. The first-order valence-electron chi connectivity index (χ1n) is 4.14. The van der Waals surface area contributed by atoms with Gasteiger partial charge in [-0.25, -0.2) is 8.88 Å². The van der Waals surface area contributed by atoms with E-state index in [-0.39, 0.29) is 0 Å². The summed E-state index contributed by atoms with van der Waals surface area (Å²) >= 11 is 0. The molecule has 3 N–H and O–H groups in total. The SMILES string of the molecule is CC(C)(C)P(=O)(O)OP(=O)(O)OCCO. The van der Waals surface area contributed by atoms with Gasteiger partial charge in [-0.3, -0.25) is 9.09 Å². The van der Waals surface area contributed by atoms with Crippen molar-refractivity contribution in [2.24, 2.45) is 0 Å². The molecule has 0 spiro atoms. The molecule has 0 aliphatic heterocycles. The van der Waals surface area contributed by atoms with Crippen LogP contribution in [0.3, 0.4) is 0 Å². The van der Waals surface area contributed by atoms with Crippen molar-refractivity contribution < 1.29 is 32.9 Å². The van der Waals surface area contributed by atoms with Gasteiger partial charge in [0.05, 0.1) is 18.4 Å². The summed E-state index contributed by atoms with van der Waals surface area (Å²) in [5.41, 5.74) is 0. The second kappa shape index (κ2) is 5.06. The van der Waals surface area contributed by atoms with E-state index < -0.39 is 33.8 Å². The van der Waals surface area contributed by atoms with Crippen LogP contribution in [0.15, 0.2) is 0 Å². The Hall–Kier alpha value is 0.260. The van der Waals surface area contributed by atoms with Gasteiger partial charge in [-0.1, -0.05) is 0 Å². The van der Waals surface area contributed by atoms with Crippen LogP contribution in [0.1, 0.15) is 20.8 Å². The lowest BCUT2D eigenvalue weighted by atomic mass is 10.3. The molecule has 0 saturated heterocycles. The lowest BCUT2D eigenvalue weighted by Gasteiger charge is -2.26. The van der Waals surface area contributed by atoms with E-state index >= 15 is 0 Å². The van der Waals surface area contributed by atoms with Gasteiger partial charge < -0.3 is 14.9 Å².